The molecule has 0 aliphatic rings. The second-order valence-corrected chi connectivity index (χ2v) is 7.99. The molecule has 20 heteroatoms. The fourth-order valence-corrected chi connectivity index (χ4v) is 3.57. The minimum absolute atomic E-state index is 3.05. The van der Waals surface area contributed by atoms with Crippen LogP contribution in [0.25, 0.3) is 0 Å². The highest BCUT2D eigenvalue weighted by Crippen LogP contribution is 2.54. The second kappa shape index (κ2) is 10.5. The minimum atomic E-state index is -6.94. The van der Waals surface area contributed by atoms with Crippen LogP contribution in [0.3, 0.4) is 0 Å². The van der Waals surface area contributed by atoms with Crippen LogP contribution in [0.2, 0.25) is 0 Å². The lowest BCUT2D eigenvalue weighted by Gasteiger charge is -2.35. The maximum atomic E-state index is 14.4. The smallest absolute Gasteiger partial charge is 0.203 e. The van der Waals surface area contributed by atoms with Gasteiger partial charge in [-0.05, 0) is 0 Å². The van der Waals surface area contributed by atoms with E-state index in [9.17, 15) is 87.8 Å². The van der Waals surface area contributed by atoms with Gasteiger partial charge in [0.05, 0.1) is 0 Å². The van der Waals surface area contributed by atoms with Gasteiger partial charge >= 0.3 is 24.2 Å². The van der Waals surface area contributed by atoms with Crippen LogP contribution in [0.4, 0.5) is 87.8 Å². The van der Waals surface area contributed by atoms with E-state index in [1.807, 2.05) is 0 Å². The summed E-state index contributed by atoms with van der Waals surface area (Å²) in [7, 11) is 0. The van der Waals surface area contributed by atoms with Crippen LogP contribution < -0.4 is 0 Å². The van der Waals surface area contributed by atoms with Crippen LogP contribution in [-0.2, 0) is 0 Å². The zero-order chi connectivity index (χ0) is 31.5. The highest BCUT2D eigenvalue weighted by Gasteiger charge is 2.63. The van der Waals surface area contributed by atoms with Crippen LogP contribution in [0, 0.1) is 58.2 Å². The Morgan fingerprint density at radius 1 is 0.325 bits per heavy atom. The second-order valence-electron chi connectivity index (χ2n) is 7.99. The first kappa shape index (κ1) is 33.2. The zero-order valence-electron chi connectivity index (χ0n) is 18.1. The summed E-state index contributed by atoms with van der Waals surface area (Å²) in [6.45, 7) is 0. The normalized spacial score (nSPS) is 15.0. The number of hydrogen-bond donors (Lipinski definition) is 0. The Hall–Kier alpha value is -2.96. The molecule has 0 heterocycles. The maximum absolute atomic E-state index is 14.4. The first-order chi connectivity index (χ1) is 17.8. The van der Waals surface area contributed by atoms with Gasteiger partial charge in [0.2, 0.25) is 11.6 Å². The zero-order valence-corrected chi connectivity index (χ0v) is 18.1. The number of benzene rings is 2. The molecule has 2 atom stereocenters. The first-order valence-corrected chi connectivity index (χ1v) is 9.71. The molecule has 0 aliphatic heterocycles. The van der Waals surface area contributed by atoms with E-state index in [1.54, 1.807) is 0 Å². The molecule has 2 aromatic rings. The van der Waals surface area contributed by atoms with E-state index in [4.69, 9.17) is 0 Å². The van der Waals surface area contributed by atoms with Crippen molar-refractivity contribution >= 4 is 0 Å². The van der Waals surface area contributed by atoms with Gasteiger partial charge in [0.1, 0.15) is 0 Å². The molecule has 40 heavy (non-hydrogen) atoms. The van der Waals surface area contributed by atoms with Crippen molar-refractivity contribution in [1.82, 2.24) is 0 Å². The highest BCUT2D eigenvalue weighted by atomic mass is 19.4. The van der Waals surface area contributed by atoms with Crippen LogP contribution >= 0.6 is 0 Å². The molecule has 0 saturated carbocycles. The van der Waals surface area contributed by atoms with Gasteiger partial charge in [-0.2, -0.15) is 43.9 Å². The lowest BCUT2D eigenvalue weighted by molar-refractivity contribution is -0.292. The maximum Gasteiger partial charge on any atom is 0.453 e. The molecule has 0 nitrogen and oxygen atoms in total. The number of hydrogen-bond acceptors (Lipinski definition) is 0. The molecule has 0 aliphatic carbocycles. The van der Waals surface area contributed by atoms with Crippen LogP contribution in [0.1, 0.15) is 35.8 Å². The number of halogens is 20. The van der Waals surface area contributed by atoms with E-state index >= 15 is 0 Å². The summed E-state index contributed by atoms with van der Waals surface area (Å²) in [6, 6.07) is 0. The van der Waals surface area contributed by atoms with Crippen molar-refractivity contribution in [1.29, 1.82) is 0 Å². The largest absolute Gasteiger partial charge is 0.453 e. The Morgan fingerprint density at radius 2 is 0.500 bits per heavy atom. The van der Waals surface area contributed by atoms with Gasteiger partial charge in [-0.25, -0.2) is 43.9 Å². The topological polar surface area (TPSA) is 0 Å². The third kappa shape index (κ3) is 5.61. The molecule has 2 aromatic carbocycles. The van der Waals surface area contributed by atoms with Crippen LogP contribution in [0.15, 0.2) is 0 Å². The summed E-state index contributed by atoms with van der Waals surface area (Å²) >= 11 is 0. The fourth-order valence-electron chi connectivity index (χ4n) is 3.57. The summed E-state index contributed by atoms with van der Waals surface area (Å²) in [5.41, 5.74) is -6.10. The Labute approximate surface area is 207 Å². The van der Waals surface area contributed by atoms with E-state index < -0.39 is 118 Å². The predicted molar refractivity (Wildman–Crippen MR) is 89.2 cm³/mol. The third-order valence-electron chi connectivity index (χ3n) is 5.50. The molecule has 0 aromatic heterocycles. The monoisotopic (exact) mass is 626 g/mol. The first-order valence-electron chi connectivity index (χ1n) is 9.71. The minimum Gasteiger partial charge on any atom is -0.203 e. The average Bonchev–Trinajstić information content (AvgIpc) is 2.81. The van der Waals surface area contributed by atoms with Gasteiger partial charge in [0, 0.05) is 35.8 Å². The lowest BCUT2D eigenvalue weighted by Crippen LogP contribution is -2.42. The third-order valence-corrected chi connectivity index (χ3v) is 5.50. The summed E-state index contributed by atoms with van der Waals surface area (Å²) in [5, 5.41) is 0. The molecule has 0 radical (unpaired) electrons. The number of rotatable bonds is 7. The quantitative estimate of drug-likeness (QED) is 0.164. The molecule has 0 amide bonds. The molecular formula is C20H6F20. The summed E-state index contributed by atoms with van der Waals surface area (Å²) in [6.07, 6.45) is -21.1. The Morgan fingerprint density at radius 3 is 0.675 bits per heavy atom. The molecular weight excluding hydrogens is 620 g/mol. The van der Waals surface area contributed by atoms with Crippen molar-refractivity contribution in [2.75, 3.05) is 0 Å². The SMILES string of the molecule is Fc1c(F)c(F)c(C(CC(F)(F)C(F)(F)F)C(CC(F)(F)C(F)(F)F)c2c(F)c(F)c(F)c(F)c2F)c(F)c1F. The van der Waals surface area contributed by atoms with Crippen LogP contribution in [0.5, 0.6) is 0 Å². The van der Waals surface area contributed by atoms with Gasteiger partial charge in [0.25, 0.3) is 0 Å². The summed E-state index contributed by atoms with van der Waals surface area (Å²) in [5.74, 6) is -54.8. The van der Waals surface area contributed by atoms with Gasteiger partial charge in [0.15, 0.2) is 46.5 Å². The molecule has 0 spiro atoms. The molecule has 0 N–H and O–H groups in total. The number of alkyl halides is 10. The van der Waals surface area contributed by atoms with Crippen molar-refractivity contribution in [2.45, 2.75) is 48.9 Å². The van der Waals surface area contributed by atoms with Crippen molar-refractivity contribution in [3.63, 3.8) is 0 Å². The molecule has 0 saturated heterocycles. The Balaban J connectivity index is 3.17. The van der Waals surface area contributed by atoms with Gasteiger partial charge in [-0.1, -0.05) is 0 Å². The summed E-state index contributed by atoms with van der Waals surface area (Å²) < 4.78 is 273. The van der Waals surface area contributed by atoms with Gasteiger partial charge < -0.3 is 0 Å². The predicted octanol–water partition coefficient (Wildman–Crippen LogP) is 9.12. The van der Waals surface area contributed by atoms with Crippen molar-refractivity contribution in [2.24, 2.45) is 0 Å². The molecule has 2 unspecified atom stereocenters. The lowest BCUT2D eigenvalue weighted by atomic mass is 9.74. The van der Waals surface area contributed by atoms with Crippen molar-refractivity contribution < 1.29 is 87.8 Å². The average molecular weight is 626 g/mol. The Kier molecular flexibility index (Phi) is 8.69. The highest BCUT2D eigenvalue weighted by molar-refractivity contribution is 5.36. The van der Waals surface area contributed by atoms with E-state index in [0.717, 1.165) is 0 Å². The molecule has 0 bridgehead atoms. The fraction of sp³-hybridized carbons (Fsp3) is 0.400. The van der Waals surface area contributed by atoms with Crippen LogP contribution in [-0.4, -0.2) is 24.2 Å². The van der Waals surface area contributed by atoms with Gasteiger partial charge in [-0.3, -0.25) is 0 Å². The molecule has 2 rings (SSSR count). The molecule has 0 fully saturated rings. The summed E-state index contributed by atoms with van der Waals surface area (Å²) in [4.78, 5) is 0. The van der Waals surface area contributed by atoms with Gasteiger partial charge in [-0.15, -0.1) is 0 Å². The molecule has 226 valence electrons. The van der Waals surface area contributed by atoms with Crippen molar-refractivity contribution in [3.8, 4) is 0 Å². The van der Waals surface area contributed by atoms with E-state index in [2.05, 4.69) is 0 Å². The van der Waals surface area contributed by atoms with E-state index in [0.29, 0.717) is 0 Å². The van der Waals surface area contributed by atoms with E-state index in [-0.39, 0.29) is 0 Å². The van der Waals surface area contributed by atoms with Crippen molar-refractivity contribution in [3.05, 3.63) is 69.3 Å². The Bertz CT molecular complexity index is 1130. The standard InChI is InChI=1S/C20H6F20/c21-7-5(8(22)12(26)15(29)11(7)25)3(1-17(31,32)19(35,36)37)4(2-18(33,34)20(38,39)40)6-9(23)13(27)16(30)14(28)10(6)24/h3-4H,1-2H2. The van der Waals surface area contributed by atoms with E-state index in [1.165, 1.54) is 0 Å².